The molecule has 0 radical (unpaired) electrons. The number of rotatable bonds is 5. The van der Waals surface area contributed by atoms with E-state index >= 15 is 0 Å². The minimum Gasteiger partial charge on any atom is -0.326 e. The van der Waals surface area contributed by atoms with E-state index in [0.29, 0.717) is 25.2 Å². The van der Waals surface area contributed by atoms with Gasteiger partial charge in [-0.05, 0) is 36.1 Å². The monoisotopic (exact) mass is 315 g/mol. The molecule has 0 saturated carbocycles. The zero-order valence-corrected chi connectivity index (χ0v) is 13.6. The van der Waals surface area contributed by atoms with Gasteiger partial charge in [0.05, 0.1) is 0 Å². The van der Waals surface area contributed by atoms with E-state index in [1.807, 2.05) is 39.0 Å². The molecular weight excluding hydrogens is 294 g/mol. The van der Waals surface area contributed by atoms with Crippen LogP contribution in [0.25, 0.3) is 10.4 Å². The molecule has 7 heteroatoms. The van der Waals surface area contributed by atoms with E-state index in [1.54, 1.807) is 4.90 Å². The summed E-state index contributed by atoms with van der Waals surface area (Å²) in [5.41, 5.74) is 10.8. The van der Waals surface area contributed by atoms with Crippen LogP contribution in [0.1, 0.15) is 25.8 Å². The first kappa shape index (κ1) is 16.8. The van der Waals surface area contributed by atoms with Gasteiger partial charge < -0.3 is 10.2 Å². The lowest BCUT2D eigenvalue weighted by Gasteiger charge is -2.20. The molecule has 1 aromatic rings. The molecule has 0 aromatic heterocycles. The molecule has 1 atom stereocenters. The standard InChI is InChI=1S/C16H21N5O2/c1-10(2)16(23)19-13-5-4-11(3)14(7-13)21-9-12(6-15(21)22)8-18-20-17/h4-5,7,10,12H,6,8-9H2,1-3H3,(H,19,23). The molecule has 1 heterocycles. The van der Waals surface area contributed by atoms with Gasteiger partial charge in [0.2, 0.25) is 11.8 Å². The van der Waals surface area contributed by atoms with Crippen LogP contribution < -0.4 is 10.2 Å². The third kappa shape index (κ3) is 4.02. The molecule has 1 saturated heterocycles. The van der Waals surface area contributed by atoms with Crippen molar-refractivity contribution in [2.45, 2.75) is 27.2 Å². The van der Waals surface area contributed by atoms with Crippen LogP contribution in [0.15, 0.2) is 23.3 Å². The van der Waals surface area contributed by atoms with E-state index in [4.69, 9.17) is 5.53 Å². The molecule has 1 aromatic carbocycles. The Labute approximate surface area is 135 Å². The number of amides is 2. The summed E-state index contributed by atoms with van der Waals surface area (Å²) in [5, 5.41) is 6.41. The topological polar surface area (TPSA) is 98.2 Å². The summed E-state index contributed by atoms with van der Waals surface area (Å²) in [6, 6.07) is 5.54. The van der Waals surface area contributed by atoms with Crippen molar-refractivity contribution in [1.82, 2.24) is 0 Å². The molecule has 0 spiro atoms. The number of benzene rings is 1. The molecule has 1 N–H and O–H groups in total. The Hall–Kier alpha value is -2.53. The third-order valence-electron chi connectivity index (χ3n) is 3.90. The summed E-state index contributed by atoms with van der Waals surface area (Å²) in [6.45, 7) is 6.43. The predicted molar refractivity (Wildman–Crippen MR) is 89.1 cm³/mol. The molecule has 1 aliphatic rings. The van der Waals surface area contributed by atoms with Gasteiger partial charge in [-0.2, -0.15) is 0 Å². The molecule has 1 unspecified atom stereocenters. The molecule has 0 aliphatic carbocycles. The highest BCUT2D eigenvalue weighted by Crippen LogP contribution is 2.30. The zero-order valence-electron chi connectivity index (χ0n) is 13.6. The van der Waals surface area contributed by atoms with E-state index in [9.17, 15) is 9.59 Å². The number of hydrogen-bond acceptors (Lipinski definition) is 3. The van der Waals surface area contributed by atoms with Crippen LogP contribution in [0.4, 0.5) is 11.4 Å². The van der Waals surface area contributed by atoms with Gasteiger partial charge in [-0.25, -0.2) is 0 Å². The molecule has 2 rings (SSSR count). The van der Waals surface area contributed by atoms with Crippen molar-refractivity contribution >= 4 is 23.2 Å². The van der Waals surface area contributed by atoms with Gasteiger partial charge in [0.1, 0.15) is 0 Å². The van der Waals surface area contributed by atoms with Crippen LogP contribution in [-0.4, -0.2) is 24.9 Å². The van der Waals surface area contributed by atoms with E-state index < -0.39 is 0 Å². The second-order valence-corrected chi connectivity index (χ2v) is 6.13. The number of azide groups is 1. The Morgan fingerprint density at radius 2 is 2.26 bits per heavy atom. The van der Waals surface area contributed by atoms with E-state index in [0.717, 1.165) is 11.3 Å². The van der Waals surface area contributed by atoms with E-state index in [2.05, 4.69) is 15.3 Å². The normalized spacial score (nSPS) is 17.3. The second kappa shape index (κ2) is 7.15. The Kier molecular flexibility index (Phi) is 5.24. The van der Waals surface area contributed by atoms with Crippen LogP contribution >= 0.6 is 0 Å². The average Bonchev–Trinajstić information content (AvgIpc) is 2.87. The zero-order chi connectivity index (χ0) is 17.0. The summed E-state index contributed by atoms with van der Waals surface area (Å²) >= 11 is 0. The SMILES string of the molecule is Cc1ccc(NC(=O)C(C)C)cc1N1CC(CN=[N+]=[N-])CC1=O. The maximum Gasteiger partial charge on any atom is 0.227 e. The minimum absolute atomic E-state index is 0.0126. The van der Waals surface area contributed by atoms with Crippen molar-refractivity contribution in [2.24, 2.45) is 17.0 Å². The molecule has 122 valence electrons. The van der Waals surface area contributed by atoms with Gasteiger partial charge in [0.15, 0.2) is 0 Å². The number of anilines is 2. The Morgan fingerprint density at radius 1 is 1.52 bits per heavy atom. The molecule has 1 aliphatic heterocycles. The smallest absolute Gasteiger partial charge is 0.227 e. The van der Waals surface area contributed by atoms with Crippen LogP contribution in [0, 0.1) is 18.8 Å². The van der Waals surface area contributed by atoms with Crippen LogP contribution in [0.3, 0.4) is 0 Å². The second-order valence-electron chi connectivity index (χ2n) is 6.13. The fourth-order valence-electron chi connectivity index (χ4n) is 2.55. The summed E-state index contributed by atoms with van der Waals surface area (Å²) in [5.74, 6) is -0.125. The van der Waals surface area contributed by atoms with Gasteiger partial charge in [-0.3, -0.25) is 9.59 Å². The van der Waals surface area contributed by atoms with Crippen LogP contribution in [-0.2, 0) is 9.59 Å². The first-order valence-electron chi connectivity index (χ1n) is 7.65. The number of aryl methyl sites for hydroxylation is 1. The number of nitrogens with one attached hydrogen (secondary N) is 1. The Bertz CT molecular complexity index is 664. The largest absolute Gasteiger partial charge is 0.326 e. The first-order valence-corrected chi connectivity index (χ1v) is 7.65. The quantitative estimate of drug-likeness (QED) is 0.512. The van der Waals surface area contributed by atoms with E-state index in [1.165, 1.54) is 0 Å². The number of nitrogens with zero attached hydrogens (tertiary/aromatic N) is 4. The fraction of sp³-hybridized carbons (Fsp3) is 0.500. The summed E-state index contributed by atoms with van der Waals surface area (Å²) in [4.78, 5) is 28.5. The highest BCUT2D eigenvalue weighted by molar-refractivity contribution is 5.98. The average molecular weight is 315 g/mol. The molecule has 23 heavy (non-hydrogen) atoms. The highest BCUT2D eigenvalue weighted by Gasteiger charge is 2.31. The number of carbonyl (C=O) groups is 2. The minimum atomic E-state index is -0.110. The number of hydrogen-bond donors (Lipinski definition) is 1. The predicted octanol–water partition coefficient (Wildman–Crippen LogP) is 3.25. The summed E-state index contributed by atoms with van der Waals surface area (Å²) in [7, 11) is 0. The van der Waals surface area contributed by atoms with Crippen molar-refractivity contribution in [1.29, 1.82) is 0 Å². The summed E-state index contributed by atoms with van der Waals surface area (Å²) < 4.78 is 0. The molecule has 0 bridgehead atoms. The van der Waals surface area contributed by atoms with Crippen LogP contribution in [0.2, 0.25) is 0 Å². The fourth-order valence-corrected chi connectivity index (χ4v) is 2.55. The number of carbonyl (C=O) groups excluding carboxylic acids is 2. The van der Waals surface area contributed by atoms with Gasteiger partial charge in [-0.1, -0.05) is 25.0 Å². The maximum absolute atomic E-state index is 12.2. The van der Waals surface area contributed by atoms with Gasteiger partial charge in [0, 0.05) is 41.7 Å². The van der Waals surface area contributed by atoms with Crippen LogP contribution in [0.5, 0.6) is 0 Å². The lowest BCUT2D eigenvalue weighted by molar-refractivity contribution is -0.119. The molecule has 2 amide bonds. The van der Waals surface area contributed by atoms with Crippen molar-refractivity contribution in [3.63, 3.8) is 0 Å². The lowest BCUT2D eigenvalue weighted by Crippen LogP contribution is -2.26. The lowest BCUT2D eigenvalue weighted by atomic mass is 10.1. The van der Waals surface area contributed by atoms with Gasteiger partial charge in [0.25, 0.3) is 0 Å². The first-order chi connectivity index (χ1) is 10.9. The van der Waals surface area contributed by atoms with Gasteiger partial charge in [-0.15, -0.1) is 0 Å². The summed E-state index contributed by atoms with van der Waals surface area (Å²) in [6.07, 6.45) is 0.376. The Balaban J connectivity index is 2.20. The molecular formula is C16H21N5O2. The highest BCUT2D eigenvalue weighted by atomic mass is 16.2. The van der Waals surface area contributed by atoms with E-state index in [-0.39, 0.29) is 23.7 Å². The van der Waals surface area contributed by atoms with Crippen molar-refractivity contribution in [2.75, 3.05) is 23.3 Å². The van der Waals surface area contributed by atoms with Crippen molar-refractivity contribution in [3.05, 3.63) is 34.2 Å². The third-order valence-corrected chi connectivity index (χ3v) is 3.90. The van der Waals surface area contributed by atoms with Gasteiger partial charge >= 0.3 is 0 Å². The van der Waals surface area contributed by atoms with Crippen molar-refractivity contribution < 1.29 is 9.59 Å². The molecule has 7 nitrogen and oxygen atoms in total. The molecule has 1 fully saturated rings. The Morgan fingerprint density at radius 3 is 2.91 bits per heavy atom. The van der Waals surface area contributed by atoms with Crippen molar-refractivity contribution in [3.8, 4) is 0 Å². The maximum atomic E-state index is 12.2.